The van der Waals surface area contributed by atoms with E-state index in [0.717, 1.165) is 47.0 Å². The molecule has 8 nitrogen and oxygen atoms in total. The Morgan fingerprint density at radius 3 is 2.64 bits per heavy atom. The smallest absolute Gasteiger partial charge is 0.270 e. The summed E-state index contributed by atoms with van der Waals surface area (Å²) in [5.41, 5.74) is 1.86. The standard InChI is InChI=1S/C20H16N6O2/c27-26(28)16-7-8-17-15(12-16)6-9-18(21-17)24-10-11-25-19(13-24)22-23-20(25)14-4-2-1-3-5-14/h1-9,12H,10-11,13H2. The maximum absolute atomic E-state index is 10.9. The summed E-state index contributed by atoms with van der Waals surface area (Å²) in [7, 11) is 0. The number of benzene rings is 2. The molecule has 0 radical (unpaired) electrons. The average molecular weight is 372 g/mol. The van der Waals surface area contributed by atoms with Crippen LogP contribution in [0.25, 0.3) is 22.3 Å². The van der Waals surface area contributed by atoms with Gasteiger partial charge in [-0.3, -0.25) is 10.1 Å². The maximum Gasteiger partial charge on any atom is 0.270 e. The van der Waals surface area contributed by atoms with Crippen molar-refractivity contribution in [3.63, 3.8) is 0 Å². The highest BCUT2D eigenvalue weighted by Crippen LogP contribution is 2.26. The molecule has 0 fully saturated rings. The van der Waals surface area contributed by atoms with Gasteiger partial charge in [-0.25, -0.2) is 4.98 Å². The van der Waals surface area contributed by atoms with Crippen LogP contribution in [0.15, 0.2) is 60.7 Å². The number of fused-ring (bicyclic) bond motifs is 2. The van der Waals surface area contributed by atoms with E-state index >= 15 is 0 Å². The Hall–Kier alpha value is -3.81. The highest BCUT2D eigenvalue weighted by Gasteiger charge is 2.23. The zero-order valence-corrected chi connectivity index (χ0v) is 14.9. The van der Waals surface area contributed by atoms with Crippen LogP contribution in [-0.4, -0.2) is 31.2 Å². The Labute approximate surface area is 160 Å². The number of nitro benzene ring substituents is 1. The van der Waals surface area contributed by atoms with Crippen LogP contribution < -0.4 is 4.90 Å². The maximum atomic E-state index is 10.9. The molecule has 138 valence electrons. The minimum atomic E-state index is -0.394. The lowest BCUT2D eigenvalue weighted by Crippen LogP contribution is -2.34. The fourth-order valence-electron chi connectivity index (χ4n) is 3.55. The van der Waals surface area contributed by atoms with Gasteiger partial charge in [0.05, 0.1) is 17.0 Å². The molecule has 0 unspecified atom stereocenters. The van der Waals surface area contributed by atoms with Crippen molar-refractivity contribution >= 4 is 22.4 Å². The molecule has 0 saturated carbocycles. The Balaban J connectivity index is 1.44. The number of pyridine rings is 1. The van der Waals surface area contributed by atoms with Crippen molar-refractivity contribution < 1.29 is 4.92 Å². The van der Waals surface area contributed by atoms with Crippen LogP contribution in [-0.2, 0) is 13.1 Å². The Bertz CT molecular complexity index is 1190. The number of rotatable bonds is 3. The van der Waals surface area contributed by atoms with E-state index in [9.17, 15) is 10.1 Å². The summed E-state index contributed by atoms with van der Waals surface area (Å²) < 4.78 is 2.15. The van der Waals surface area contributed by atoms with Crippen molar-refractivity contribution in [2.45, 2.75) is 13.1 Å². The van der Waals surface area contributed by atoms with E-state index in [1.54, 1.807) is 12.1 Å². The fourth-order valence-corrected chi connectivity index (χ4v) is 3.55. The zero-order valence-electron chi connectivity index (χ0n) is 14.9. The Morgan fingerprint density at radius 1 is 0.964 bits per heavy atom. The number of hydrogen-bond acceptors (Lipinski definition) is 6. The van der Waals surface area contributed by atoms with Gasteiger partial charge in [0.25, 0.3) is 5.69 Å². The highest BCUT2D eigenvalue weighted by molar-refractivity contribution is 5.82. The summed E-state index contributed by atoms with van der Waals surface area (Å²) in [4.78, 5) is 17.4. The van der Waals surface area contributed by atoms with Gasteiger partial charge in [-0.1, -0.05) is 30.3 Å². The minimum Gasteiger partial charge on any atom is -0.347 e. The number of hydrogen-bond donors (Lipinski definition) is 0. The minimum absolute atomic E-state index is 0.0709. The number of nitrogens with zero attached hydrogens (tertiary/aromatic N) is 6. The van der Waals surface area contributed by atoms with Crippen LogP contribution in [0.2, 0.25) is 0 Å². The second kappa shape index (κ2) is 6.41. The molecule has 1 aliphatic heterocycles. The summed E-state index contributed by atoms with van der Waals surface area (Å²) in [6, 6.07) is 18.5. The SMILES string of the molecule is O=[N+]([O-])c1ccc2nc(N3CCn4c(nnc4-c4ccccc4)C3)ccc2c1. The lowest BCUT2D eigenvalue weighted by atomic mass is 10.2. The van der Waals surface area contributed by atoms with Crippen LogP contribution in [0.3, 0.4) is 0 Å². The molecule has 0 N–H and O–H groups in total. The quantitative estimate of drug-likeness (QED) is 0.404. The second-order valence-corrected chi connectivity index (χ2v) is 6.68. The molecule has 0 aliphatic carbocycles. The van der Waals surface area contributed by atoms with Gasteiger partial charge in [-0.2, -0.15) is 0 Å². The van der Waals surface area contributed by atoms with Gasteiger partial charge in [0.2, 0.25) is 0 Å². The first-order valence-corrected chi connectivity index (χ1v) is 8.97. The molecule has 3 heterocycles. The second-order valence-electron chi connectivity index (χ2n) is 6.68. The van der Waals surface area contributed by atoms with Gasteiger partial charge in [-0.05, 0) is 18.2 Å². The van der Waals surface area contributed by atoms with Crippen molar-refractivity contribution in [2.24, 2.45) is 0 Å². The predicted octanol–water partition coefficient (Wildman–Crippen LogP) is 3.42. The number of aromatic nitrogens is 4. The van der Waals surface area contributed by atoms with Crippen molar-refractivity contribution in [1.82, 2.24) is 19.7 Å². The van der Waals surface area contributed by atoms with E-state index in [1.807, 2.05) is 42.5 Å². The van der Waals surface area contributed by atoms with E-state index in [1.165, 1.54) is 6.07 Å². The number of nitro groups is 1. The molecule has 5 rings (SSSR count). The summed E-state index contributed by atoms with van der Waals surface area (Å²) in [5, 5.41) is 20.4. The third-order valence-corrected chi connectivity index (χ3v) is 4.98. The van der Waals surface area contributed by atoms with Gasteiger partial charge in [0, 0.05) is 36.2 Å². The molecule has 0 saturated heterocycles. The Morgan fingerprint density at radius 2 is 1.82 bits per heavy atom. The molecule has 4 aromatic rings. The normalized spacial score (nSPS) is 13.5. The summed E-state index contributed by atoms with van der Waals surface area (Å²) in [5.74, 6) is 2.61. The van der Waals surface area contributed by atoms with Crippen LogP contribution >= 0.6 is 0 Å². The average Bonchev–Trinajstić information content (AvgIpc) is 3.17. The highest BCUT2D eigenvalue weighted by atomic mass is 16.6. The topological polar surface area (TPSA) is 90.0 Å². The van der Waals surface area contributed by atoms with Crippen LogP contribution in [0.1, 0.15) is 5.82 Å². The molecule has 28 heavy (non-hydrogen) atoms. The Kier molecular flexibility index (Phi) is 3.75. The molecule has 8 heteroatoms. The molecule has 0 bridgehead atoms. The third-order valence-electron chi connectivity index (χ3n) is 4.98. The molecule has 1 aliphatic rings. The van der Waals surface area contributed by atoms with Crippen molar-refractivity contribution in [3.05, 3.63) is 76.6 Å². The lowest BCUT2D eigenvalue weighted by molar-refractivity contribution is -0.384. The van der Waals surface area contributed by atoms with Crippen LogP contribution in [0, 0.1) is 10.1 Å². The van der Waals surface area contributed by atoms with Crippen LogP contribution in [0.4, 0.5) is 11.5 Å². The van der Waals surface area contributed by atoms with Crippen LogP contribution in [0.5, 0.6) is 0 Å². The monoisotopic (exact) mass is 372 g/mol. The molecule has 0 amide bonds. The largest absolute Gasteiger partial charge is 0.347 e. The first-order chi connectivity index (χ1) is 13.7. The summed E-state index contributed by atoms with van der Waals surface area (Å²) in [6.07, 6.45) is 0. The van der Waals surface area contributed by atoms with Gasteiger partial charge in [0.1, 0.15) is 5.82 Å². The number of non-ortho nitro benzene ring substituents is 1. The van der Waals surface area contributed by atoms with Crippen molar-refractivity contribution in [3.8, 4) is 11.4 Å². The first-order valence-electron chi connectivity index (χ1n) is 8.97. The summed E-state index contributed by atoms with van der Waals surface area (Å²) in [6.45, 7) is 2.17. The van der Waals surface area contributed by atoms with Crippen molar-refractivity contribution in [2.75, 3.05) is 11.4 Å². The van der Waals surface area contributed by atoms with E-state index in [4.69, 9.17) is 0 Å². The van der Waals surface area contributed by atoms with E-state index in [0.29, 0.717) is 6.54 Å². The van der Waals surface area contributed by atoms with E-state index < -0.39 is 4.92 Å². The molecule has 2 aromatic heterocycles. The molecule has 2 aromatic carbocycles. The molecule has 0 atom stereocenters. The first kappa shape index (κ1) is 16.4. The zero-order chi connectivity index (χ0) is 19.1. The summed E-state index contributed by atoms with van der Waals surface area (Å²) >= 11 is 0. The molecular weight excluding hydrogens is 356 g/mol. The van der Waals surface area contributed by atoms with E-state index in [-0.39, 0.29) is 5.69 Å². The van der Waals surface area contributed by atoms with E-state index in [2.05, 4.69) is 24.6 Å². The third kappa shape index (κ3) is 2.75. The van der Waals surface area contributed by atoms with Gasteiger partial charge in [-0.15, -0.1) is 10.2 Å². The molecule has 0 spiro atoms. The number of anilines is 1. The van der Waals surface area contributed by atoms with Crippen molar-refractivity contribution in [1.29, 1.82) is 0 Å². The molecular formula is C20H16N6O2. The van der Waals surface area contributed by atoms with Gasteiger partial charge in [0.15, 0.2) is 11.6 Å². The fraction of sp³-hybridized carbons (Fsp3) is 0.150. The van der Waals surface area contributed by atoms with Gasteiger partial charge >= 0.3 is 0 Å². The van der Waals surface area contributed by atoms with Gasteiger partial charge < -0.3 is 9.47 Å². The predicted molar refractivity (Wildman–Crippen MR) is 105 cm³/mol. The lowest BCUT2D eigenvalue weighted by Gasteiger charge is -2.29.